The first-order chi connectivity index (χ1) is 26.2. The van der Waals surface area contributed by atoms with E-state index in [9.17, 15) is 28.8 Å². The molecule has 0 radical (unpaired) electrons. The minimum Gasteiger partial charge on any atom is -0.445 e. The van der Waals surface area contributed by atoms with Gasteiger partial charge in [-0.25, -0.2) is 4.79 Å². The highest BCUT2D eigenvalue weighted by Gasteiger charge is 2.36. The average Bonchev–Trinajstić information content (AvgIpc) is 3.15. The van der Waals surface area contributed by atoms with E-state index in [1.165, 1.54) is 0 Å². The number of amides is 5. The molecule has 0 bridgehead atoms. The summed E-state index contributed by atoms with van der Waals surface area (Å²) in [6.45, 7) is 7.38. The lowest BCUT2D eigenvalue weighted by atomic mass is 9.93. The normalized spacial score (nSPS) is 13.7. The lowest BCUT2D eigenvalue weighted by molar-refractivity contribution is -0.142. The van der Waals surface area contributed by atoms with Crippen molar-refractivity contribution in [1.82, 2.24) is 26.6 Å². The molecule has 15 heteroatoms. The van der Waals surface area contributed by atoms with Crippen molar-refractivity contribution in [2.24, 2.45) is 23.3 Å². The highest BCUT2D eigenvalue weighted by molar-refractivity contribution is 6.39. The van der Waals surface area contributed by atoms with Crippen LogP contribution in [-0.4, -0.2) is 72.2 Å². The van der Waals surface area contributed by atoms with E-state index in [1.807, 2.05) is 62.4 Å². The van der Waals surface area contributed by atoms with Gasteiger partial charge in [0.05, 0.1) is 6.04 Å². The first-order valence-electron chi connectivity index (χ1n) is 18.5. The van der Waals surface area contributed by atoms with Crippen molar-refractivity contribution >= 4 is 52.2 Å². The topological polar surface area (TPSA) is 248 Å². The minimum absolute atomic E-state index is 0.00157. The third-order valence-corrected chi connectivity index (χ3v) is 9.07. The van der Waals surface area contributed by atoms with E-state index in [0.29, 0.717) is 6.42 Å². The van der Waals surface area contributed by atoms with Crippen LogP contribution in [0.1, 0.15) is 64.5 Å². The summed E-state index contributed by atoms with van der Waals surface area (Å²) < 4.78 is 5.31. The number of fused-ring (bicyclic) bond motifs is 1. The molecule has 3 aromatic rings. The molecule has 0 aromatic heterocycles. The van der Waals surface area contributed by atoms with E-state index < -0.39 is 65.6 Å². The number of ketones is 1. The molecule has 0 spiro atoms. The average molecular weight is 759 g/mol. The second kappa shape index (κ2) is 21.6. The Labute approximate surface area is 321 Å². The fourth-order valence-electron chi connectivity index (χ4n) is 5.83. The van der Waals surface area contributed by atoms with Gasteiger partial charge in [-0.15, -0.1) is 0 Å². The number of ether oxygens (including phenoxy) is 1. The Balaban J connectivity index is 1.75. The molecule has 0 fully saturated rings. The summed E-state index contributed by atoms with van der Waals surface area (Å²) in [5.41, 5.74) is 12.6. The Morgan fingerprint density at radius 3 is 2.04 bits per heavy atom. The van der Waals surface area contributed by atoms with E-state index in [2.05, 4.69) is 26.6 Å². The largest absolute Gasteiger partial charge is 0.445 e. The number of nitrogens with two attached hydrogens (primary N) is 2. The zero-order chi connectivity index (χ0) is 40.5. The van der Waals surface area contributed by atoms with Crippen LogP contribution in [0.2, 0.25) is 0 Å². The number of benzene rings is 3. The number of hydrogen-bond acceptors (Lipinski definition) is 8. The number of primary amides is 1. The fourth-order valence-corrected chi connectivity index (χ4v) is 5.83. The summed E-state index contributed by atoms with van der Waals surface area (Å²) in [7, 11) is 0. The maximum Gasteiger partial charge on any atom is 0.408 e. The van der Waals surface area contributed by atoms with Gasteiger partial charge in [0.25, 0.3) is 5.91 Å². The molecule has 0 aliphatic rings. The van der Waals surface area contributed by atoms with E-state index in [-0.39, 0.29) is 50.7 Å². The molecule has 3 rings (SSSR count). The van der Waals surface area contributed by atoms with Crippen LogP contribution in [0.3, 0.4) is 0 Å². The van der Waals surface area contributed by atoms with Crippen LogP contribution >= 0.6 is 0 Å². The van der Waals surface area contributed by atoms with Gasteiger partial charge in [-0.1, -0.05) is 107 Å². The molecule has 0 saturated heterocycles. The molecule has 15 nitrogen and oxygen atoms in total. The summed E-state index contributed by atoms with van der Waals surface area (Å²) >= 11 is 0. The fraction of sp³-hybridized carbons (Fsp3) is 0.425. The number of carbonyl (C=O) groups is 6. The highest BCUT2D eigenvalue weighted by atomic mass is 16.5. The Bertz CT molecular complexity index is 1800. The van der Waals surface area contributed by atoms with Gasteiger partial charge in [0.1, 0.15) is 24.7 Å². The van der Waals surface area contributed by atoms with Crippen LogP contribution < -0.4 is 38.1 Å². The zero-order valence-electron chi connectivity index (χ0n) is 31.9. The summed E-state index contributed by atoms with van der Waals surface area (Å²) in [5, 5.41) is 22.3. The van der Waals surface area contributed by atoms with Gasteiger partial charge in [0.15, 0.2) is 5.96 Å². The molecule has 0 saturated carbocycles. The Morgan fingerprint density at radius 1 is 0.745 bits per heavy atom. The molecular weight excluding hydrogens is 704 g/mol. The number of alkyl carbamates (subject to hydrolysis) is 1. The van der Waals surface area contributed by atoms with E-state index in [0.717, 1.165) is 21.9 Å². The summed E-state index contributed by atoms with van der Waals surface area (Å²) in [4.78, 5) is 79.8. The summed E-state index contributed by atoms with van der Waals surface area (Å²) in [6, 6.07) is 17.5. The molecule has 55 heavy (non-hydrogen) atoms. The molecule has 3 aromatic carbocycles. The molecule has 1 unspecified atom stereocenters. The van der Waals surface area contributed by atoms with Crippen LogP contribution in [0.15, 0.2) is 72.8 Å². The summed E-state index contributed by atoms with van der Waals surface area (Å²) in [5.74, 6) is -5.20. The predicted molar refractivity (Wildman–Crippen MR) is 209 cm³/mol. The molecule has 5 atom stereocenters. The van der Waals surface area contributed by atoms with Crippen LogP contribution in [-0.2, 0) is 41.7 Å². The molecular formula is C40H54N8O7. The van der Waals surface area contributed by atoms with Crippen LogP contribution in [0.5, 0.6) is 0 Å². The van der Waals surface area contributed by atoms with Crippen LogP contribution in [0.4, 0.5) is 4.79 Å². The van der Waals surface area contributed by atoms with Crippen molar-refractivity contribution in [3.8, 4) is 0 Å². The van der Waals surface area contributed by atoms with Gasteiger partial charge in [-0.05, 0) is 53.0 Å². The van der Waals surface area contributed by atoms with Crippen LogP contribution in [0, 0.1) is 17.2 Å². The maximum atomic E-state index is 13.8. The molecule has 5 amide bonds. The Morgan fingerprint density at radius 2 is 1.40 bits per heavy atom. The first kappa shape index (κ1) is 43.4. The zero-order valence-corrected chi connectivity index (χ0v) is 31.9. The Hall–Kier alpha value is -5.99. The van der Waals surface area contributed by atoms with Gasteiger partial charge in [-0.3, -0.25) is 29.4 Å². The number of Topliss-reactive ketones (excluding diaryl/α,β-unsaturated/α-hetero) is 1. The molecule has 0 aliphatic heterocycles. The lowest BCUT2D eigenvalue weighted by Gasteiger charge is -2.27. The Kier molecular flexibility index (Phi) is 17.1. The third kappa shape index (κ3) is 14.4. The van der Waals surface area contributed by atoms with Crippen molar-refractivity contribution in [3.63, 3.8) is 0 Å². The standard InChI is InChI=1S/C40H54N8O7/c1-5-25(4)33(48-37(52)32(20-24(2)3)47-40(54)55-23-26-12-7-6-8-13-26)34(49)38(53)45-30(16-11-19-44-39(42)43)36(51)46-31(35(41)50)22-27-17-18-28-14-9-10-15-29(28)21-27/h6-10,12-15,17-18,21,24-25,30-33H,5,11,16,19-20,22-23H2,1-4H3,(H2,41,50)(H,45,53)(H,46,51)(H,47,54)(H,48,52)(H4,42,43,44)/t25-,30-,31+,32-,33?/m0/s1. The minimum atomic E-state index is -1.30. The van der Waals surface area contributed by atoms with E-state index in [1.54, 1.807) is 38.1 Å². The van der Waals surface area contributed by atoms with Crippen molar-refractivity contribution < 1.29 is 33.5 Å². The van der Waals surface area contributed by atoms with Crippen molar-refractivity contribution in [1.29, 1.82) is 5.41 Å². The van der Waals surface area contributed by atoms with Gasteiger partial charge in [0.2, 0.25) is 23.5 Å². The van der Waals surface area contributed by atoms with Crippen molar-refractivity contribution in [2.75, 3.05) is 6.54 Å². The second-order valence-corrected chi connectivity index (χ2v) is 14.0. The van der Waals surface area contributed by atoms with E-state index in [4.69, 9.17) is 21.6 Å². The number of nitrogens with one attached hydrogen (secondary N) is 6. The smallest absolute Gasteiger partial charge is 0.408 e. The van der Waals surface area contributed by atoms with Crippen molar-refractivity contribution in [2.45, 2.75) is 90.6 Å². The second-order valence-electron chi connectivity index (χ2n) is 14.0. The maximum absolute atomic E-state index is 13.8. The van der Waals surface area contributed by atoms with Gasteiger partial charge in [0, 0.05) is 13.0 Å². The molecule has 0 aliphatic carbocycles. The van der Waals surface area contributed by atoms with E-state index >= 15 is 0 Å². The van der Waals surface area contributed by atoms with Crippen molar-refractivity contribution in [3.05, 3.63) is 83.9 Å². The quantitative estimate of drug-likeness (QED) is 0.0344. The molecule has 0 heterocycles. The third-order valence-electron chi connectivity index (χ3n) is 9.07. The van der Waals surface area contributed by atoms with Gasteiger partial charge in [-0.2, -0.15) is 0 Å². The highest BCUT2D eigenvalue weighted by Crippen LogP contribution is 2.17. The lowest BCUT2D eigenvalue weighted by Crippen LogP contribution is -2.58. The number of guanidine groups is 1. The molecule has 296 valence electrons. The number of rotatable bonds is 21. The van der Waals surface area contributed by atoms with Gasteiger partial charge < -0.3 is 42.8 Å². The summed E-state index contributed by atoms with van der Waals surface area (Å²) in [6.07, 6.45) is 0.116. The van der Waals surface area contributed by atoms with Crippen LogP contribution in [0.25, 0.3) is 10.8 Å². The van der Waals surface area contributed by atoms with Gasteiger partial charge >= 0.3 is 6.09 Å². The number of carbonyl (C=O) groups excluding carboxylic acids is 6. The molecule has 10 N–H and O–H groups in total. The monoisotopic (exact) mass is 758 g/mol. The predicted octanol–water partition coefficient (Wildman–Crippen LogP) is 2.54. The number of hydrogen-bond donors (Lipinski definition) is 8. The first-order valence-corrected chi connectivity index (χ1v) is 18.5. The SMILES string of the molecule is CC[C@H](C)C(NC(=O)[C@H](CC(C)C)NC(=O)OCc1ccccc1)C(=O)C(=O)N[C@@H](CCCNC(=N)N)C(=O)N[C@H](Cc1ccc2ccccc2c1)C(N)=O.